The quantitative estimate of drug-likeness (QED) is 0.740. The molecule has 0 aliphatic rings. The number of carbonyl (C=O) groups excluding carboxylic acids is 1. The van der Waals surface area contributed by atoms with Gasteiger partial charge in [-0.05, 0) is 35.9 Å². The first-order valence-electron chi connectivity index (χ1n) is 8.13. The number of amides is 1. The number of carbonyl (C=O) groups is 1. The van der Waals surface area contributed by atoms with E-state index >= 15 is 0 Å². The molecule has 134 valence electrons. The van der Waals surface area contributed by atoms with E-state index in [1.54, 1.807) is 30.3 Å². The van der Waals surface area contributed by atoms with Crippen LogP contribution in [-0.4, -0.2) is 17.6 Å². The van der Waals surface area contributed by atoms with Crippen LogP contribution in [0.3, 0.4) is 0 Å². The zero-order chi connectivity index (χ0) is 18.7. The van der Waals surface area contributed by atoms with Crippen molar-refractivity contribution in [1.29, 1.82) is 0 Å². The van der Waals surface area contributed by atoms with E-state index in [1.807, 2.05) is 13.8 Å². The van der Waals surface area contributed by atoms with Crippen LogP contribution in [0.4, 0.5) is 8.78 Å². The molecule has 0 aliphatic carbocycles. The number of benzene rings is 2. The summed E-state index contributed by atoms with van der Waals surface area (Å²) in [5.74, 6) is -1.08. The highest BCUT2D eigenvalue weighted by atomic mass is 19.1. The van der Waals surface area contributed by atoms with E-state index in [1.165, 1.54) is 24.3 Å². The normalized spacial score (nSPS) is 11.4. The second kappa shape index (κ2) is 7.07. The van der Waals surface area contributed by atoms with Crippen molar-refractivity contribution in [1.82, 2.24) is 10.5 Å². The maximum absolute atomic E-state index is 14.0. The molecular formula is C20H18F2N2O2. The Morgan fingerprint density at radius 2 is 1.81 bits per heavy atom. The maximum Gasteiger partial charge on any atom is 0.289 e. The molecule has 1 heterocycles. The van der Waals surface area contributed by atoms with Crippen molar-refractivity contribution in [3.05, 3.63) is 77.6 Å². The van der Waals surface area contributed by atoms with Gasteiger partial charge in [-0.25, -0.2) is 8.78 Å². The van der Waals surface area contributed by atoms with Gasteiger partial charge in [0.1, 0.15) is 17.3 Å². The molecule has 0 saturated heterocycles. The Bertz CT molecular complexity index is 918. The molecule has 0 radical (unpaired) electrons. The van der Waals surface area contributed by atoms with E-state index in [-0.39, 0.29) is 23.9 Å². The third kappa shape index (κ3) is 3.79. The number of nitrogens with zero attached hydrogens (tertiary/aromatic N) is 1. The minimum absolute atomic E-state index is 0.0358. The lowest BCUT2D eigenvalue weighted by atomic mass is 9.84. The topological polar surface area (TPSA) is 55.1 Å². The Kier molecular flexibility index (Phi) is 4.84. The number of aromatic nitrogens is 1. The monoisotopic (exact) mass is 356 g/mol. The first-order valence-corrected chi connectivity index (χ1v) is 8.13. The van der Waals surface area contributed by atoms with Crippen molar-refractivity contribution in [2.24, 2.45) is 0 Å². The van der Waals surface area contributed by atoms with Gasteiger partial charge in [-0.2, -0.15) is 0 Å². The van der Waals surface area contributed by atoms with Crippen LogP contribution in [0.15, 0.2) is 59.1 Å². The minimum atomic E-state index is -0.596. The largest absolute Gasteiger partial charge is 0.350 e. The summed E-state index contributed by atoms with van der Waals surface area (Å²) in [6.45, 7) is 3.91. The zero-order valence-corrected chi connectivity index (χ0v) is 14.4. The van der Waals surface area contributed by atoms with Crippen molar-refractivity contribution in [2.75, 3.05) is 6.54 Å². The summed E-state index contributed by atoms with van der Waals surface area (Å²) in [4.78, 5) is 12.3. The van der Waals surface area contributed by atoms with Gasteiger partial charge in [0.25, 0.3) is 5.91 Å². The van der Waals surface area contributed by atoms with Crippen LogP contribution < -0.4 is 5.32 Å². The fraction of sp³-hybridized carbons (Fsp3) is 0.200. The van der Waals surface area contributed by atoms with E-state index in [0.29, 0.717) is 16.8 Å². The average Bonchev–Trinajstić information content (AvgIpc) is 3.11. The standard InChI is InChI=1S/C20H18F2N2O2/c1-20(2,15-5-3-4-6-16(15)22)12-23-19(25)18-11-17(24-26-18)13-7-9-14(21)10-8-13/h3-11H,12H2,1-2H3,(H,23,25). The molecule has 3 rings (SSSR count). The first-order chi connectivity index (χ1) is 12.4. The fourth-order valence-electron chi connectivity index (χ4n) is 2.63. The molecule has 4 nitrogen and oxygen atoms in total. The minimum Gasteiger partial charge on any atom is -0.350 e. The van der Waals surface area contributed by atoms with Gasteiger partial charge in [0, 0.05) is 23.6 Å². The second-order valence-electron chi connectivity index (χ2n) is 6.63. The molecule has 6 heteroatoms. The van der Waals surface area contributed by atoms with E-state index in [4.69, 9.17) is 4.52 Å². The van der Waals surface area contributed by atoms with Crippen molar-refractivity contribution >= 4 is 5.91 Å². The third-order valence-corrected chi connectivity index (χ3v) is 4.17. The summed E-state index contributed by atoms with van der Waals surface area (Å²) in [6, 6.07) is 13.7. The molecule has 1 amide bonds. The Labute approximate surface area is 149 Å². The third-order valence-electron chi connectivity index (χ3n) is 4.17. The fourth-order valence-corrected chi connectivity index (χ4v) is 2.63. The summed E-state index contributed by atoms with van der Waals surface area (Å²) in [6.07, 6.45) is 0. The molecular weight excluding hydrogens is 338 g/mol. The second-order valence-corrected chi connectivity index (χ2v) is 6.63. The lowest BCUT2D eigenvalue weighted by molar-refractivity contribution is 0.0908. The maximum atomic E-state index is 14.0. The van der Waals surface area contributed by atoms with Crippen molar-refractivity contribution < 1.29 is 18.1 Å². The summed E-state index contributed by atoms with van der Waals surface area (Å²) in [7, 11) is 0. The smallest absolute Gasteiger partial charge is 0.289 e. The molecule has 1 aromatic heterocycles. The van der Waals surface area contributed by atoms with Gasteiger partial charge in [0.2, 0.25) is 5.76 Å². The summed E-state index contributed by atoms with van der Waals surface area (Å²) >= 11 is 0. The number of rotatable bonds is 5. The van der Waals surface area contributed by atoms with Gasteiger partial charge >= 0.3 is 0 Å². The van der Waals surface area contributed by atoms with Gasteiger partial charge in [0.15, 0.2) is 0 Å². The Morgan fingerprint density at radius 1 is 1.12 bits per heavy atom. The predicted octanol–water partition coefficient (Wildman–Crippen LogP) is 4.33. The molecule has 3 aromatic rings. The van der Waals surface area contributed by atoms with Gasteiger partial charge < -0.3 is 9.84 Å². The Morgan fingerprint density at radius 3 is 2.50 bits per heavy atom. The molecule has 0 fully saturated rings. The number of hydrogen-bond donors (Lipinski definition) is 1. The van der Waals surface area contributed by atoms with E-state index in [9.17, 15) is 13.6 Å². The van der Waals surface area contributed by atoms with Crippen molar-refractivity contribution in [3.8, 4) is 11.3 Å². The van der Waals surface area contributed by atoms with Crippen LogP contribution in [0.25, 0.3) is 11.3 Å². The predicted molar refractivity (Wildman–Crippen MR) is 93.7 cm³/mol. The molecule has 26 heavy (non-hydrogen) atoms. The summed E-state index contributed by atoms with van der Waals surface area (Å²) in [5.41, 5.74) is 0.996. The summed E-state index contributed by atoms with van der Waals surface area (Å²) in [5, 5.41) is 6.58. The molecule has 2 aromatic carbocycles. The lowest BCUT2D eigenvalue weighted by Crippen LogP contribution is -2.37. The molecule has 0 saturated carbocycles. The van der Waals surface area contributed by atoms with Crippen LogP contribution >= 0.6 is 0 Å². The number of halogens is 2. The van der Waals surface area contributed by atoms with Crippen molar-refractivity contribution in [3.63, 3.8) is 0 Å². The highest BCUT2D eigenvalue weighted by Crippen LogP contribution is 2.25. The zero-order valence-electron chi connectivity index (χ0n) is 14.4. The Balaban J connectivity index is 1.69. The van der Waals surface area contributed by atoms with Gasteiger partial charge in [-0.1, -0.05) is 37.2 Å². The van der Waals surface area contributed by atoms with Crippen LogP contribution in [0.5, 0.6) is 0 Å². The average molecular weight is 356 g/mol. The van der Waals surface area contributed by atoms with Crippen LogP contribution in [-0.2, 0) is 5.41 Å². The van der Waals surface area contributed by atoms with Gasteiger partial charge in [-0.15, -0.1) is 0 Å². The van der Waals surface area contributed by atoms with E-state index < -0.39 is 11.3 Å². The van der Waals surface area contributed by atoms with Gasteiger partial charge in [0.05, 0.1) is 0 Å². The number of hydrogen-bond acceptors (Lipinski definition) is 3. The highest BCUT2D eigenvalue weighted by molar-refractivity contribution is 5.92. The SMILES string of the molecule is CC(C)(CNC(=O)c1cc(-c2ccc(F)cc2)no1)c1ccccc1F. The van der Waals surface area contributed by atoms with Crippen LogP contribution in [0, 0.1) is 11.6 Å². The van der Waals surface area contributed by atoms with E-state index in [2.05, 4.69) is 10.5 Å². The van der Waals surface area contributed by atoms with E-state index in [0.717, 1.165) is 0 Å². The Hall–Kier alpha value is -3.02. The summed E-state index contributed by atoms with van der Waals surface area (Å²) < 4.78 is 32.0. The molecule has 0 unspecified atom stereocenters. The van der Waals surface area contributed by atoms with Crippen molar-refractivity contribution in [2.45, 2.75) is 19.3 Å². The number of nitrogens with one attached hydrogen (secondary N) is 1. The van der Waals surface area contributed by atoms with Gasteiger partial charge in [-0.3, -0.25) is 4.79 Å². The molecule has 1 N–H and O–H groups in total. The molecule has 0 aliphatic heterocycles. The first kappa shape index (κ1) is 17.8. The lowest BCUT2D eigenvalue weighted by Gasteiger charge is -2.25. The van der Waals surface area contributed by atoms with Crippen LogP contribution in [0.2, 0.25) is 0 Å². The molecule has 0 bridgehead atoms. The van der Waals surface area contributed by atoms with Crippen LogP contribution in [0.1, 0.15) is 30.0 Å². The molecule has 0 atom stereocenters. The highest BCUT2D eigenvalue weighted by Gasteiger charge is 2.25. The molecule has 0 spiro atoms.